The molecule has 2 aromatic carbocycles. The number of rotatable bonds is 9. The Balaban J connectivity index is 1.73. The summed E-state index contributed by atoms with van der Waals surface area (Å²) in [7, 11) is 5.02. The van der Waals surface area contributed by atoms with E-state index in [9.17, 15) is 14.4 Å². The molecule has 0 radical (unpaired) electrons. The average Bonchev–Trinajstić information content (AvgIpc) is 2.91. The first-order valence-electron chi connectivity index (χ1n) is 12.8. The van der Waals surface area contributed by atoms with Crippen molar-refractivity contribution in [3.8, 4) is 5.75 Å². The van der Waals surface area contributed by atoms with E-state index in [1.54, 1.807) is 67.5 Å². The Kier molecular flexibility index (Phi) is 9.34. The van der Waals surface area contributed by atoms with E-state index in [-0.39, 0.29) is 41.4 Å². The SMILES string of the molecule is COc1ccccc1C(=O)NCc1ccc(C(N)=C(C(N)=O)C(N)=NC2(C)CCC(C(=O)N(C)C)CC2)cc1. The third kappa shape index (κ3) is 7.16. The Morgan fingerprint density at radius 1 is 1.03 bits per heavy atom. The summed E-state index contributed by atoms with van der Waals surface area (Å²) in [4.78, 5) is 43.5. The van der Waals surface area contributed by atoms with Crippen LogP contribution < -0.4 is 27.3 Å². The lowest BCUT2D eigenvalue weighted by Gasteiger charge is -2.35. The third-order valence-corrected chi connectivity index (χ3v) is 7.08. The first-order valence-corrected chi connectivity index (χ1v) is 12.8. The van der Waals surface area contributed by atoms with Crippen LogP contribution in [0.3, 0.4) is 0 Å². The number of amides is 3. The Hall–Kier alpha value is -4.34. The Labute approximate surface area is 229 Å². The summed E-state index contributed by atoms with van der Waals surface area (Å²) in [5, 5.41) is 2.86. The molecule has 1 aliphatic carbocycles. The first-order chi connectivity index (χ1) is 18.5. The molecule has 0 aromatic heterocycles. The topological polar surface area (TPSA) is 166 Å². The molecule has 3 amide bonds. The molecular weight excluding hydrogens is 496 g/mol. The van der Waals surface area contributed by atoms with Gasteiger partial charge < -0.3 is 32.2 Å². The van der Waals surface area contributed by atoms with Crippen LogP contribution in [0.1, 0.15) is 54.1 Å². The van der Waals surface area contributed by atoms with Crippen molar-refractivity contribution < 1.29 is 19.1 Å². The van der Waals surface area contributed by atoms with Gasteiger partial charge in [0.25, 0.3) is 11.8 Å². The molecule has 2 aromatic rings. The molecule has 1 saturated carbocycles. The smallest absolute Gasteiger partial charge is 0.255 e. The second-order valence-electron chi connectivity index (χ2n) is 10.2. The molecule has 0 heterocycles. The fourth-order valence-electron chi connectivity index (χ4n) is 4.76. The molecule has 0 saturated heterocycles. The van der Waals surface area contributed by atoms with E-state index in [1.165, 1.54) is 7.11 Å². The van der Waals surface area contributed by atoms with Crippen LogP contribution in [0.5, 0.6) is 5.75 Å². The molecule has 7 N–H and O–H groups in total. The first kappa shape index (κ1) is 29.2. The highest BCUT2D eigenvalue weighted by atomic mass is 16.5. The monoisotopic (exact) mass is 534 g/mol. The third-order valence-electron chi connectivity index (χ3n) is 7.08. The van der Waals surface area contributed by atoms with Gasteiger partial charge in [-0.05, 0) is 55.9 Å². The lowest BCUT2D eigenvalue weighted by molar-refractivity contribution is -0.134. The van der Waals surface area contributed by atoms with Crippen LogP contribution in [0, 0.1) is 5.92 Å². The maximum atomic E-state index is 12.6. The van der Waals surface area contributed by atoms with Crippen LogP contribution >= 0.6 is 0 Å². The fraction of sp³-hybridized carbons (Fsp3) is 0.379. The number of amidine groups is 1. The minimum atomic E-state index is -0.776. The van der Waals surface area contributed by atoms with Gasteiger partial charge in [0.1, 0.15) is 17.2 Å². The summed E-state index contributed by atoms with van der Waals surface area (Å²) < 4.78 is 5.25. The minimum Gasteiger partial charge on any atom is -0.496 e. The normalized spacial score (nSPS) is 20.0. The van der Waals surface area contributed by atoms with Gasteiger partial charge in [-0.15, -0.1) is 0 Å². The number of nitrogens with zero attached hydrogens (tertiary/aromatic N) is 2. The highest BCUT2D eigenvalue weighted by Gasteiger charge is 2.35. The van der Waals surface area contributed by atoms with Crippen LogP contribution in [0.25, 0.3) is 5.70 Å². The summed E-state index contributed by atoms with van der Waals surface area (Å²) >= 11 is 0. The van der Waals surface area contributed by atoms with E-state index in [1.807, 2.05) is 6.92 Å². The van der Waals surface area contributed by atoms with E-state index in [0.29, 0.717) is 42.6 Å². The predicted octanol–water partition coefficient (Wildman–Crippen LogP) is 2.17. The fourth-order valence-corrected chi connectivity index (χ4v) is 4.76. The summed E-state index contributed by atoms with van der Waals surface area (Å²) in [6, 6.07) is 14.0. The van der Waals surface area contributed by atoms with Crippen LogP contribution in [-0.4, -0.2) is 55.2 Å². The van der Waals surface area contributed by atoms with Crippen LogP contribution in [-0.2, 0) is 16.1 Å². The molecule has 39 heavy (non-hydrogen) atoms. The van der Waals surface area contributed by atoms with Gasteiger partial charge >= 0.3 is 0 Å². The molecule has 10 nitrogen and oxygen atoms in total. The molecular formula is C29H38N6O4. The van der Waals surface area contributed by atoms with Crippen LogP contribution in [0.15, 0.2) is 59.1 Å². The Bertz CT molecular complexity index is 1270. The van der Waals surface area contributed by atoms with Crippen molar-refractivity contribution in [1.82, 2.24) is 10.2 Å². The van der Waals surface area contributed by atoms with Crippen molar-refractivity contribution in [2.45, 2.75) is 44.7 Å². The van der Waals surface area contributed by atoms with Crippen molar-refractivity contribution in [2.24, 2.45) is 28.1 Å². The number of hydrogen-bond acceptors (Lipinski definition) is 6. The number of nitrogens with two attached hydrogens (primary N) is 3. The lowest BCUT2D eigenvalue weighted by Crippen LogP contribution is -2.39. The molecule has 0 bridgehead atoms. The molecule has 1 aliphatic rings. The van der Waals surface area contributed by atoms with E-state index >= 15 is 0 Å². The van der Waals surface area contributed by atoms with Gasteiger partial charge in [-0.25, -0.2) is 0 Å². The highest BCUT2D eigenvalue weighted by Crippen LogP contribution is 2.36. The standard InChI is InChI=1S/C29H38N6O4/c1-29(15-13-20(14-16-29)28(38)35(2)3)34-25(31)23(26(32)36)24(30)19-11-9-18(10-12-19)17-33-27(37)21-7-5-6-8-22(21)39-4/h5-12,20H,13-17,30H2,1-4H3,(H2,31,34)(H2,32,36)(H,33,37). The van der Waals surface area contributed by atoms with Crippen molar-refractivity contribution in [3.05, 3.63) is 70.8 Å². The van der Waals surface area contributed by atoms with E-state index in [0.717, 1.165) is 5.56 Å². The van der Waals surface area contributed by atoms with Gasteiger partial charge in [0.2, 0.25) is 5.91 Å². The molecule has 0 atom stereocenters. The number of methoxy groups -OCH3 is 1. The van der Waals surface area contributed by atoms with E-state index in [2.05, 4.69) is 10.3 Å². The number of benzene rings is 2. The zero-order valence-electron chi connectivity index (χ0n) is 23.0. The zero-order valence-corrected chi connectivity index (χ0v) is 23.0. The minimum absolute atomic E-state index is 0.0203. The van der Waals surface area contributed by atoms with Gasteiger partial charge in [0.15, 0.2) is 0 Å². The summed E-state index contributed by atoms with van der Waals surface area (Å²) in [5.74, 6) is -0.498. The molecule has 3 rings (SSSR count). The van der Waals surface area contributed by atoms with Crippen molar-refractivity contribution in [2.75, 3.05) is 21.2 Å². The van der Waals surface area contributed by atoms with Crippen LogP contribution in [0.2, 0.25) is 0 Å². The molecule has 0 aliphatic heterocycles. The average molecular weight is 535 g/mol. The number of para-hydroxylation sites is 1. The molecule has 0 unspecified atom stereocenters. The van der Waals surface area contributed by atoms with Gasteiger partial charge in [0, 0.05) is 26.6 Å². The van der Waals surface area contributed by atoms with E-state index < -0.39 is 11.4 Å². The maximum Gasteiger partial charge on any atom is 0.255 e. The van der Waals surface area contributed by atoms with Gasteiger partial charge in [-0.1, -0.05) is 36.4 Å². The number of aliphatic imine (C=N–C) groups is 1. The summed E-state index contributed by atoms with van der Waals surface area (Å²) in [6.45, 7) is 2.24. The number of carbonyl (C=O) groups is 3. The molecule has 1 fully saturated rings. The highest BCUT2D eigenvalue weighted by molar-refractivity contribution is 6.24. The van der Waals surface area contributed by atoms with Gasteiger partial charge in [-0.2, -0.15) is 0 Å². The Morgan fingerprint density at radius 2 is 1.64 bits per heavy atom. The maximum absolute atomic E-state index is 12.6. The summed E-state index contributed by atoms with van der Waals surface area (Å²) in [5.41, 5.74) is 19.7. The van der Waals surface area contributed by atoms with Gasteiger partial charge in [-0.3, -0.25) is 19.4 Å². The molecule has 0 spiro atoms. The zero-order chi connectivity index (χ0) is 28.7. The summed E-state index contributed by atoms with van der Waals surface area (Å²) in [6.07, 6.45) is 2.67. The number of ether oxygens (including phenoxy) is 1. The lowest BCUT2D eigenvalue weighted by atomic mass is 9.77. The van der Waals surface area contributed by atoms with Crippen molar-refractivity contribution >= 4 is 29.3 Å². The second-order valence-corrected chi connectivity index (χ2v) is 10.2. The van der Waals surface area contributed by atoms with Crippen LogP contribution in [0.4, 0.5) is 0 Å². The quantitative estimate of drug-likeness (QED) is 0.219. The number of hydrogen-bond donors (Lipinski definition) is 4. The molecule has 208 valence electrons. The van der Waals surface area contributed by atoms with Crippen molar-refractivity contribution in [1.29, 1.82) is 0 Å². The number of primary amides is 1. The number of nitrogens with one attached hydrogen (secondary N) is 1. The Morgan fingerprint density at radius 3 is 2.21 bits per heavy atom. The van der Waals surface area contributed by atoms with Gasteiger partial charge in [0.05, 0.1) is 23.9 Å². The van der Waals surface area contributed by atoms with Crippen molar-refractivity contribution in [3.63, 3.8) is 0 Å². The molecule has 10 heteroatoms. The largest absolute Gasteiger partial charge is 0.496 e. The second kappa shape index (κ2) is 12.5. The van der Waals surface area contributed by atoms with E-state index in [4.69, 9.17) is 21.9 Å². The number of carbonyl (C=O) groups excluding carboxylic acids is 3. The predicted molar refractivity (Wildman–Crippen MR) is 152 cm³/mol.